The van der Waals surface area contributed by atoms with Crippen molar-refractivity contribution in [1.29, 1.82) is 0 Å². The fourth-order valence-corrected chi connectivity index (χ4v) is 2.52. The number of rotatable bonds is 5. The number of anilines is 1. The first-order valence-electron chi connectivity index (χ1n) is 8.28. The molecule has 0 spiro atoms. The van der Waals surface area contributed by atoms with Crippen LogP contribution in [-0.2, 0) is 11.3 Å². The smallest absolute Gasteiger partial charge is 0.255 e. The van der Waals surface area contributed by atoms with Crippen molar-refractivity contribution < 1.29 is 9.59 Å². The van der Waals surface area contributed by atoms with E-state index in [1.54, 1.807) is 12.1 Å². The minimum Gasteiger partial charge on any atom is -0.352 e. The second kappa shape index (κ2) is 6.87. The number of hydrogen-bond acceptors (Lipinski definition) is 2. The Morgan fingerprint density at radius 1 is 1.04 bits per heavy atom. The van der Waals surface area contributed by atoms with Gasteiger partial charge in [-0.2, -0.15) is 0 Å². The summed E-state index contributed by atoms with van der Waals surface area (Å²) in [7, 11) is 0. The Morgan fingerprint density at radius 2 is 1.75 bits per heavy atom. The van der Waals surface area contributed by atoms with E-state index in [0.29, 0.717) is 12.1 Å². The van der Waals surface area contributed by atoms with Crippen molar-refractivity contribution in [3.63, 3.8) is 0 Å². The van der Waals surface area contributed by atoms with Gasteiger partial charge in [0.2, 0.25) is 5.91 Å². The van der Waals surface area contributed by atoms with Crippen molar-refractivity contribution in [1.82, 2.24) is 5.32 Å². The van der Waals surface area contributed by atoms with E-state index in [0.717, 1.165) is 35.2 Å². The summed E-state index contributed by atoms with van der Waals surface area (Å²) in [5.74, 6) is 0.219. The van der Waals surface area contributed by atoms with Crippen LogP contribution >= 0.6 is 0 Å². The van der Waals surface area contributed by atoms with Crippen LogP contribution < -0.4 is 10.6 Å². The van der Waals surface area contributed by atoms with E-state index in [9.17, 15) is 9.59 Å². The minimum absolute atomic E-state index is 0.128. The molecule has 2 aromatic carbocycles. The SMILES string of the molecule is Cc1ccc(C)c(NC(=O)c2ccc(CNC(=O)C3CC3)cc2)c1. The molecular formula is C20H22N2O2. The van der Waals surface area contributed by atoms with Crippen molar-refractivity contribution >= 4 is 17.5 Å². The van der Waals surface area contributed by atoms with Crippen molar-refractivity contribution in [3.05, 3.63) is 64.7 Å². The minimum atomic E-state index is -0.128. The first kappa shape index (κ1) is 16.2. The Hall–Kier alpha value is -2.62. The third-order valence-corrected chi connectivity index (χ3v) is 4.27. The average Bonchev–Trinajstić information content (AvgIpc) is 3.41. The van der Waals surface area contributed by atoms with Crippen LogP contribution in [-0.4, -0.2) is 11.8 Å². The van der Waals surface area contributed by atoms with E-state index in [1.807, 2.05) is 44.2 Å². The van der Waals surface area contributed by atoms with Crippen LogP contribution in [0.4, 0.5) is 5.69 Å². The van der Waals surface area contributed by atoms with Crippen LogP contribution in [0.3, 0.4) is 0 Å². The van der Waals surface area contributed by atoms with E-state index in [4.69, 9.17) is 0 Å². The lowest BCUT2D eigenvalue weighted by Crippen LogP contribution is -2.24. The van der Waals surface area contributed by atoms with Gasteiger partial charge in [0.15, 0.2) is 0 Å². The zero-order chi connectivity index (χ0) is 17.1. The molecule has 24 heavy (non-hydrogen) atoms. The molecule has 1 saturated carbocycles. The molecule has 2 N–H and O–H groups in total. The van der Waals surface area contributed by atoms with Gasteiger partial charge in [-0.1, -0.05) is 24.3 Å². The molecule has 0 heterocycles. The molecule has 4 heteroatoms. The number of benzene rings is 2. The largest absolute Gasteiger partial charge is 0.352 e. The lowest BCUT2D eigenvalue weighted by atomic mass is 10.1. The summed E-state index contributed by atoms with van der Waals surface area (Å²) < 4.78 is 0. The molecule has 3 rings (SSSR count). The molecule has 0 saturated heterocycles. The van der Waals surface area contributed by atoms with Crippen LogP contribution in [0, 0.1) is 19.8 Å². The van der Waals surface area contributed by atoms with Gasteiger partial charge in [-0.3, -0.25) is 9.59 Å². The van der Waals surface area contributed by atoms with Crippen LogP contribution in [0.2, 0.25) is 0 Å². The summed E-state index contributed by atoms with van der Waals surface area (Å²) in [4.78, 5) is 24.0. The van der Waals surface area contributed by atoms with Gasteiger partial charge >= 0.3 is 0 Å². The fraction of sp³-hybridized carbons (Fsp3) is 0.300. The summed E-state index contributed by atoms with van der Waals surface area (Å²) >= 11 is 0. The van der Waals surface area contributed by atoms with Crippen molar-refractivity contribution in [2.75, 3.05) is 5.32 Å². The second-order valence-corrected chi connectivity index (χ2v) is 6.46. The van der Waals surface area contributed by atoms with Crippen LogP contribution in [0.5, 0.6) is 0 Å². The zero-order valence-electron chi connectivity index (χ0n) is 14.1. The standard InChI is InChI=1S/C20H22N2O2/c1-13-3-4-14(2)18(11-13)22-20(24)17-7-5-15(6-8-17)12-21-19(23)16-9-10-16/h3-8,11,16H,9-10,12H2,1-2H3,(H,21,23)(H,22,24). The van der Waals surface area contributed by atoms with Gasteiger partial charge in [-0.05, 0) is 61.6 Å². The molecule has 0 aromatic heterocycles. The molecular weight excluding hydrogens is 300 g/mol. The third-order valence-electron chi connectivity index (χ3n) is 4.27. The molecule has 124 valence electrons. The van der Waals surface area contributed by atoms with E-state index < -0.39 is 0 Å². The molecule has 2 amide bonds. The summed E-state index contributed by atoms with van der Waals surface area (Å²) in [5.41, 5.74) is 4.58. The molecule has 0 radical (unpaired) electrons. The van der Waals surface area contributed by atoms with Crippen molar-refractivity contribution in [3.8, 4) is 0 Å². The predicted octanol–water partition coefficient (Wildman–Crippen LogP) is 3.58. The summed E-state index contributed by atoms with van der Waals surface area (Å²) in [6.45, 7) is 4.48. The second-order valence-electron chi connectivity index (χ2n) is 6.46. The number of aryl methyl sites for hydroxylation is 2. The summed E-state index contributed by atoms with van der Waals surface area (Å²) in [6.07, 6.45) is 2.01. The lowest BCUT2D eigenvalue weighted by molar-refractivity contribution is -0.122. The molecule has 4 nitrogen and oxygen atoms in total. The fourth-order valence-electron chi connectivity index (χ4n) is 2.52. The first-order chi connectivity index (χ1) is 11.5. The maximum absolute atomic E-state index is 12.4. The van der Waals surface area contributed by atoms with E-state index >= 15 is 0 Å². The molecule has 1 aliphatic carbocycles. The number of nitrogens with one attached hydrogen (secondary N) is 2. The van der Waals surface area contributed by atoms with Gasteiger partial charge in [0.1, 0.15) is 0 Å². The van der Waals surface area contributed by atoms with E-state index in [1.165, 1.54) is 0 Å². The molecule has 0 unspecified atom stereocenters. The normalized spacial score (nSPS) is 13.4. The number of hydrogen-bond donors (Lipinski definition) is 2. The molecule has 1 fully saturated rings. The molecule has 0 bridgehead atoms. The maximum Gasteiger partial charge on any atom is 0.255 e. The first-order valence-corrected chi connectivity index (χ1v) is 8.28. The summed E-state index contributed by atoms with van der Waals surface area (Å²) in [5, 5.41) is 5.88. The van der Waals surface area contributed by atoms with E-state index in [2.05, 4.69) is 10.6 Å². The van der Waals surface area contributed by atoms with Crippen molar-refractivity contribution in [2.24, 2.45) is 5.92 Å². The zero-order valence-corrected chi connectivity index (χ0v) is 14.1. The van der Waals surface area contributed by atoms with Crippen LogP contribution in [0.15, 0.2) is 42.5 Å². The molecule has 0 aliphatic heterocycles. The van der Waals surface area contributed by atoms with E-state index in [-0.39, 0.29) is 17.7 Å². The van der Waals surface area contributed by atoms with Gasteiger partial charge < -0.3 is 10.6 Å². The van der Waals surface area contributed by atoms with Gasteiger partial charge in [-0.25, -0.2) is 0 Å². The highest BCUT2D eigenvalue weighted by atomic mass is 16.2. The summed E-state index contributed by atoms with van der Waals surface area (Å²) in [6, 6.07) is 13.3. The van der Waals surface area contributed by atoms with Crippen LogP contribution in [0.1, 0.15) is 39.9 Å². The highest BCUT2D eigenvalue weighted by molar-refractivity contribution is 6.04. The third kappa shape index (κ3) is 4.02. The lowest BCUT2D eigenvalue weighted by Gasteiger charge is -2.10. The van der Waals surface area contributed by atoms with Crippen LogP contribution in [0.25, 0.3) is 0 Å². The Balaban J connectivity index is 1.60. The number of carbonyl (C=O) groups excluding carboxylic acids is 2. The van der Waals surface area contributed by atoms with Crippen molar-refractivity contribution in [2.45, 2.75) is 33.2 Å². The monoisotopic (exact) mass is 322 g/mol. The Labute approximate surface area is 142 Å². The topological polar surface area (TPSA) is 58.2 Å². The average molecular weight is 322 g/mol. The van der Waals surface area contributed by atoms with Gasteiger partial charge in [0, 0.05) is 23.7 Å². The highest BCUT2D eigenvalue weighted by Gasteiger charge is 2.29. The Morgan fingerprint density at radius 3 is 2.42 bits per heavy atom. The number of amides is 2. The van der Waals surface area contributed by atoms with Gasteiger partial charge in [-0.15, -0.1) is 0 Å². The highest BCUT2D eigenvalue weighted by Crippen LogP contribution is 2.28. The maximum atomic E-state index is 12.4. The Kier molecular flexibility index (Phi) is 4.65. The molecule has 0 atom stereocenters. The molecule has 1 aliphatic rings. The van der Waals surface area contributed by atoms with Gasteiger partial charge in [0.05, 0.1) is 0 Å². The number of carbonyl (C=O) groups is 2. The molecule has 2 aromatic rings. The van der Waals surface area contributed by atoms with Gasteiger partial charge in [0.25, 0.3) is 5.91 Å². The quantitative estimate of drug-likeness (QED) is 0.884. The Bertz CT molecular complexity index is 762. The predicted molar refractivity (Wildman–Crippen MR) is 94.9 cm³/mol.